The fraction of sp³-hybridized carbons (Fsp3) is 0.909. The minimum atomic E-state index is -0.450. The van der Waals surface area contributed by atoms with Crippen LogP contribution in [0.1, 0.15) is 27.2 Å². The first-order valence-electron chi connectivity index (χ1n) is 5.48. The number of hydrogen-bond donors (Lipinski definition) is 2. The van der Waals surface area contributed by atoms with E-state index in [4.69, 9.17) is 4.74 Å². The van der Waals surface area contributed by atoms with E-state index in [1.54, 1.807) is 0 Å². The van der Waals surface area contributed by atoms with E-state index in [0.717, 1.165) is 13.0 Å². The standard InChI is InChI=1S/C11H21NO3/c1-11(2,3)15-10(14)9-6-12-5-4-8(9)7-13/h8-9,12-13H,4-7H2,1-3H3. The number of rotatable bonds is 2. The Morgan fingerprint density at radius 1 is 1.53 bits per heavy atom. The van der Waals surface area contributed by atoms with Crippen LogP contribution in [0.15, 0.2) is 0 Å². The predicted molar refractivity (Wildman–Crippen MR) is 57.4 cm³/mol. The van der Waals surface area contributed by atoms with Gasteiger partial charge in [-0.15, -0.1) is 0 Å². The van der Waals surface area contributed by atoms with Gasteiger partial charge in [0.05, 0.1) is 5.92 Å². The number of aliphatic hydroxyl groups excluding tert-OH is 1. The van der Waals surface area contributed by atoms with E-state index in [9.17, 15) is 9.90 Å². The molecule has 0 amide bonds. The third-order valence-electron chi connectivity index (χ3n) is 2.57. The fourth-order valence-electron chi connectivity index (χ4n) is 1.78. The summed E-state index contributed by atoms with van der Waals surface area (Å²) in [4.78, 5) is 11.8. The summed E-state index contributed by atoms with van der Waals surface area (Å²) in [6.45, 7) is 7.11. The molecule has 1 saturated heterocycles. The maximum absolute atomic E-state index is 11.8. The number of hydrogen-bond acceptors (Lipinski definition) is 4. The quantitative estimate of drug-likeness (QED) is 0.660. The molecule has 2 unspecified atom stereocenters. The highest BCUT2D eigenvalue weighted by Gasteiger charge is 2.33. The summed E-state index contributed by atoms with van der Waals surface area (Å²) in [6, 6.07) is 0. The molecule has 0 aromatic rings. The van der Waals surface area contributed by atoms with E-state index in [1.165, 1.54) is 0 Å². The molecule has 2 N–H and O–H groups in total. The molecule has 0 aromatic carbocycles. The molecule has 0 radical (unpaired) electrons. The van der Waals surface area contributed by atoms with Crippen molar-refractivity contribution < 1.29 is 14.6 Å². The molecule has 1 aliphatic rings. The average molecular weight is 215 g/mol. The van der Waals surface area contributed by atoms with Crippen molar-refractivity contribution >= 4 is 5.97 Å². The monoisotopic (exact) mass is 215 g/mol. The van der Waals surface area contributed by atoms with Crippen molar-refractivity contribution in [1.29, 1.82) is 0 Å². The van der Waals surface area contributed by atoms with Crippen LogP contribution in [0.2, 0.25) is 0 Å². The number of ether oxygens (including phenoxy) is 1. The molecule has 1 rings (SSSR count). The minimum absolute atomic E-state index is 0.0427. The molecule has 88 valence electrons. The molecule has 0 aromatic heterocycles. The third kappa shape index (κ3) is 3.80. The van der Waals surface area contributed by atoms with Gasteiger partial charge in [0.1, 0.15) is 5.60 Å². The molecule has 0 bridgehead atoms. The molecule has 15 heavy (non-hydrogen) atoms. The summed E-state index contributed by atoms with van der Waals surface area (Å²) >= 11 is 0. The zero-order valence-electron chi connectivity index (χ0n) is 9.75. The maximum Gasteiger partial charge on any atom is 0.311 e. The van der Waals surface area contributed by atoms with Crippen molar-refractivity contribution in [3.05, 3.63) is 0 Å². The summed E-state index contributed by atoms with van der Waals surface area (Å²) in [5.41, 5.74) is -0.450. The van der Waals surface area contributed by atoms with Gasteiger partial charge in [-0.25, -0.2) is 0 Å². The van der Waals surface area contributed by atoms with Crippen LogP contribution in [-0.4, -0.2) is 36.4 Å². The van der Waals surface area contributed by atoms with Gasteiger partial charge >= 0.3 is 5.97 Å². The highest BCUT2D eigenvalue weighted by Crippen LogP contribution is 2.22. The van der Waals surface area contributed by atoms with Crippen LogP contribution in [0.3, 0.4) is 0 Å². The number of carbonyl (C=O) groups excluding carboxylic acids is 1. The second-order valence-corrected chi connectivity index (χ2v) is 5.08. The van der Waals surface area contributed by atoms with Gasteiger partial charge in [-0.1, -0.05) is 0 Å². The van der Waals surface area contributed by atoms with Gasteiger partial charge < -0.3 is 15.2 Å². The van der Waals surface area contributed by atoms with Crippen molar-refractivity contribution in [2.45, 2.75) is 32.8 Å². The van der Waals surface area contributed by atoms with E-state index in [-0.39, 0.29) is 24.4 Å². The smallest absolute Gasteiger partial charge is 0.311 e. The Bertz CT molecular complexity index is 222. The van der Waals surface area contributed by atoms with E-state index in [0.29, 0.717) is 6.54 Å². The summed E-state index contributed by atoms with van der Waals surface area (Å²) < 4.78 is 5.32. The Morgan fingerprint density at radius 2 is 2.20 bits per heavy atom. The van der Waals surface area contributed by atoms with E-state index < -0.39 is 5.60 Å². The fourth-order valence-corrected chi connectivity index (χ4v) is 1.78. The zero-order valence-corrected chi connectivity index (χ0v) is 9.75. The first kappa shape index (κ1) is 12.5. The first-order valence-corrected chi connectivity index (χ1v) is 5.48. The largest absolute Gasteiger partial charge is 0.460 e. The second kappa shape index (κ2) is 4.94. The van der Waals surface area contributed by atoms with E-state index in [2.05, 4.69) is 5.32 Å². The molecule has 4 heteroatoms. The van der Waals surface area contributed by atoms with Gasteiger partial charge in [0.25, 0.3) is 0 Å². The number of piperidine rings is 1. The lowest BCUT2D eigenvalue weighted by Gasteiger charge is -2.31. The van der Waals surface area contributed by atoms with Crippen LogP contribution < -0.4 is 5.32 Å². The van der Waals surface area contributed by atoms with Gasteiger partial charge in [0, 0.05) is 13.2 Å². The van der Waals surface area contributed by atoms with Crippen LogP contribution in [0, 0.1) is 11.8 Å². The van der Waals surface area contributed by atoms with Gasteiger partial charge in [0.2, 0.25) is 0 Å². The van der Waals surface area contributed by atoms with Crippen LogP contribution in [-0.2, 0) is 9.53 Å². The molecule has 1 heterocycles. The van der Waals surface area contributed by atoms with Gasteiger partial charge in [-0.05, 0) is 39.7 Å². The lowest BCUT2D eigenvalue weighted by molar-refractivity contribution is -0.163. The normalized spacial score (nSPS) is 27.5. The van der Waals surface area contributed by atoms with Crippen molar-refractivity contribution in [3.8, 4) is 0 Å². The van der Waals surface area contributed by atoms with Crippen LogP contribution in [0.25, 0.3) is 0 Å². The second-order valence-electron chi connectivity index (χ2n) is 5.08. The molecule has 4 nitrogen and oxygen atoms in total. The van der Waals surface area contributed by atoms with Crippen molar-refractivity contribution in [2.75, 3.05) is 19.7 Å². The number of nitrogens with one attached hydrogen (secondary N) is 1. The predicted octanol–water partition coefficient (Wildman–Crippen LogP) is 0.546. The zero-order chi connectivity index (χ0) is 11.5. The molecular formula is C11H21NO3. The van der Waals surface area contributed by atoms with E-state index in [1.807, 2.05) is 20.8 Å². The molecule has 2 atom stereocenters. The van der Waals surface area contributed by atoms with Gasteiger partial charge in [-0.3, -0.25) is 4.79 Å². The van der Waals surface area contributed by atoms with Crippen LogP contribution in [0.5, 0.6) is 0 Å². The van der Waals surface area contributed by atoms with E-state index >= 15 is 0 Å². The Hall–Kier alpha value is -0.610. The highest BCUT2D eigenvalue weighted by molar-refractivity contribution is 5.73. The summed E-state index contributed by atoms with van der Waals surface area (Å²) in [7, 11) is 0. The topological polar surface area (TPSA) is 58.6 Å². The maximum atomic E-state index is 11.8. The molecule has 0 spiro atoms. The summed E-state index contributed by atoms with van der Waals surface area (Å²) in [5, 5.41) is 12.3. The number of carbonyl (C=O) groups is 1. The summed E-state index contributed by atoms with van der Waals surface area (Å²) in [5.74, 6) is -0.363. The molecular weight excluding hydrogens is 194 g/mol. The molecule has 1 aliphatic heterocycles. The Kier molecular flexibility index (Phi) is 4.11. The Labute approximate surface area is 91.0 Å². The average Bonchev–Trinajstić information content (AvgIpc) is 2.15. The van der Waals surface area contributed by atoms with Crippen LogP contribution >= 0.6 is 0 Å². The Balaban J connectivity index is 2.56. The lowest BCUT2D eigenvalue weighted by Crippen LogP contribution is -2.44. The molecule has 1 fully saturated rings. The first-order chi connectivity index (χ1) is 6.94. The van der Waals surface area contributed by atoms with Crippen molar-refractivity contribution in [2.24, 2.45) is 11.8 Å². The van der Waals surface area contributed by atoms with Crippen molar-refractivity contribution in [3.63, 3.8) is 0 Å². The number of esters is 1. The minimum Gasteiger partial charge on any atom is -0.460 e. The van der Waals surface area contributed by atoms with Gasteiger partial charge in [0.15, 0.2) is 0 Å². The Morgan fingerprint density at radius 3 is 2.73 bits per heavy atom. The van der Waals surface area contributed by atoms with Crippen LogP contribution in [0.4, 0.5) is 0 Å². The number of aliphatic hydroxyl groups is 1. The van der Waals surface area contributed by atoms with Crippen molar-refractivity contribution in [1.82, 2.24) is 5.32 Å². The van der Waals surface area contributed by atoms with Gasteiger partial charge in [-0.2, -0.15) is 0 Å². The lowest BCUT2D eigenvalue weighted by atomic mass is 9.87. The molecule has 0 saturated carbocycles. The third-order valence-corrected chi connectivity index (χ3v) is 2.57. The SMILES string of the molecule is CC(C)(C)OC(=O)C1CNCCC1CO. The summed E-state index contributed by atoms with van der Waals surface area (Å²) in [6.07, 6.45) is 0.834. The highest BCUT2D eigenvalue weighted by atomic mass is 16.6. The molecule has 0 aliphatic carbocycles.